The zero-order valence-corrected chi connectivity index (χ0v) is 17.3. The van der Waals surface area contributed by atoms with Gasteiger partial charge in [0.1, 0.15) is 11.6 Å². The van der Waals surface area contributed by atoms with Crippen LogP contribution in [0, 0.1) is 5.82 Å². The van der Waals surface area contributed by atoms with Crippen molar-refractivity contribution in [1.82, 2.24) is 10.3 Å². The molecule has 7 nitrogen and oxygen atoms in total. The maximum atomic E-state index is 13.4. The average molecular weight is 441 g/mol. The summed E-state index contributed by atoms with van der Waals surface area (Å²) in [6.45, 7) is 1.43. The molecule has 1 aromatic heterocycles. The minimum atomic E-state index is -3.97. The van der Waals surface area contributed by atoms with Gasteiger partial charge in [0.05, 0.1) is 4.90 Å². The molecule has 1 fully saturated rings. The highest BCUT2D eigenvalue weighted by molar-refractivity contribution is 7.92. The molecule has 1 saturated heterocycles. The second-order valence-corrected chi connectivity index (χ2v) is 8.92. The fourth-order valence-electron chi connectivity index (χ4n) is 3.47. The van der Waals surface area contributed by atoms with Crippen LogP contribution in [-0.4, -0.2) is 38.4 Å². The van der Waals surface area contributed by atoms with Crippen molar-refractivity contribution in [3.8, 4) is 0 Å². The number of hydrogen-bond donors (Lipinski definition) is 2. The summed E-state index contributed by atoms with van der Waals surface area (Å²) in [5.41, 5.74) is 0.550. The first-order chi connectivity index (χ1) is 14.9. The third kappa shape index (κ3) is 5.00. The van der Waals surface area contributed by atoms with Crippen molar-refractivity contribution in [2.45, 2.75) is 17.4 Å². The smallest absolute Gasteiger partial charge is 0.261 e. The highest BCUT2D eigenvalue weighted by Gasteiger charge is 2.25. The van der Waals surface area contributed by atoms with Gasteiger partial charge < -0.3 is 10.2 Å². The van der Waals surface area contributed by atoms with E-state index in [2.05, 4.69) is 19.9 Å². The Labute approximate surface area is 180 Å². The standard InChI is InChI=1S/C22H21FN4O3S/c23-17-6-4-8-20(14-17)31(29,30)26-18-7-3-5-16(13-18)22(28)25-19-10-12-27(15-19)21-9-1-2-11-24-21/h1-9,11,13-14,19,26H,10,12,15H2,(H,25,28). The van der Waals surface area contributed by atoms with Crippen molar-refractivity contribution < 1.29 is 17.6 Å². The molecule has 160 valence electrons. The Hall–Kier alpha value is -3.46. The van der Waals surface area contributed by atoms with Gasteiger partial charge in [0.2, 0.25) is 0 Å². The Morgan fingerprint density at radius 1 is 1.06 bits per heavy atom. The van der Waals surface area contributed by atoms with E-state index in [1.165, 1.54) is 30.3 Å². The van der Waals surface area contributed by atoms with Crippen molar-refractivity contribution in [1.29, 1.82) is 0 Å². The van der Waals surface area contributed by atoms with E-state index in [-0.39, 0.29) is 22.5 Å². The van der Waals surface area contributed by atoms with Crippen LogP contribution in [0.3, 0.4) is 0 Å². The molecule has 0 aliphatic carbocycles. The molecule has 0 radical (unpaired) electrons. The highest BCUT2D eigenvalue weighted by atomic mass is 32.2. The molecule has 4 rings (SSSR count). The summed E-state index contributed by atoms with van der Waals surface area (Å²) >= 11 is 0. The molecule has 31 heavy (non-hydrogen) atoms. The second-order valence-electron chi connectivity index (χ2n) is 7.24. The normalized spacial score (nSPS) is 16.2. The Bertz CT molecular complexity index is 1190. The van der Waals surface area contributed by atoms with E-state index in [9.17, 15) is 17.6 Å². The summed E-state index contributed by atoms with van der Waals surface area (Å²) in [5, 5.41) is 2.99. The van der Waals surface area contributed by atoms with Crippen LogP contribution < -0.4 is 14.9 Å². The molecule has 1 aliphatic heterocycles. The molecule has 1 unspecified atom stereocenters. The Kier molecular flexibility index (Phi) is 5.85. The van der Waals surface area contributed by atoms with Crippen LogP contribution in [0.15, 0.2) is 77.8 Å². The van der Waals surface area contributed by atoms with E-state index in [1.807, 2.05) is 18.2 Å². The van der Waals surface area contributed by atoms with Gasteiger partial charge in [-0.25, -0.2) is 17.8 Å². The van der Waals surface area contributed by atoms with Gasteiger partial charge in [-0.1, -0.05) is 18.2 Å². The van der Waals surface area contributed by atoms with Crippen molar-refractivity contribution in [3.05, 3.63) is 84.3 Å². The van der Waals surface area contributed by atoms with Crippen LogP contribution in [0.2, 0.25) is 0 Å². The van der Waals surface area contributed by atoms with E-state index in [4.69, 9.17) is 0 Å². The molecule has 1 aliphatic rings. The quantitative estimate of drug-likeness (QED) is 0.615. The van der Waals surface area contributed by atoms with E-state index in [0.717, 1.165) is 24.8 Å². The zero-order valence-electron chi connectivity index (χ0n) is 16.5. The van der Waals surface area contributed by atoms with Crippen LogP contribution in [0.1, 0.15) is 16.8 Å². The van der Waals surface area contributed by atoms with Crippen LogP contribution in [0.25, 0.3) is 0 Å². The molecule has 0 saturated carbocycles. The topological polar surface area (TPSA) is 91.4 Å². The van der Waals surface area contributed by atoms with E-state index in [0.29, 0.717) is 12.1 Å². The minimum Gasteiger partial charge on any atom is -0.354 e. The number of nitrogens with one attached hydrogen (secondary N) is 2. The monoisotopic (exact) mass is 440 g/mol. The van der Waals surface area contributed by atoms with Crippen molar-refractivity contribution in [3.63, 3.8) is 0 Å². The third-order valence-electron chi connectivity index (χ3n) is 4.98. The van der Waals surface area contributed by atoms with Gasteiger partial charge >= 0.3 is 0 Å². The zero-order chi connectivity index (χ0) is 21.8. The number of rotatable bonds is 6. The first-order valence-electron chi connectivity index (χ1n) is 9.76. The lowest BCUT2D eigenvalue weighted by molar-refractivity contribution is 0.0940. The number of anilines is 2. The summed E-state index contributed by atoms with van der Waals surface area (Å²) < 4.78 is 40.8. The number of carbonyl (C=O) groups is 1. The van der Waals surface area contributed by atoms with E-state index in [1.54, 1.807) is 18.3 Å². The molecule has 2 aromatic carbocycles. The summed E-state index contributed by atoms with van der Waals surface area (Å²) in [5.74, 6) is -0.0695. The predicted molar refractivity (Wildman–Crippen MR) is 116 cm³/mol. The van der Waals surface area contributed by atoms with Gasteiger partial charge in [-0.15, -0.1) is 0 Å². The Morgan fingerprint density at radius 2 is 1.90 bits per heavy atom. The van der Waals surface area contributed by atoms with Crippen molar-refractivity contribution in [2.75, 3.05) is 22.7 Å². The number of amides is 1. The van der Waals surface area contributed by atoms with Crippen LogP contribution >= 0.6 is 0 Å². The highest BCUT2D eigenvalue weighted by Crippen LogP contribution is 2.20. The van der Waals surface area contributed by atoms with Gasteiger partial charge in [0.15, 0.2) is 0 Å². The maximum absolute atomic E-state index is 13.4. The number of nitrogens with zero attached hydrogens (tertiary/aromatic N) is 2. The summed E-state index contributed by atoms with van der Waals surface area (Å²) in [6, 6.07) is 16.6. The predicted octanol–water partition coefficient (Wildman–Crippen LogP) is 3.03. The summed E-state index contributed by atoms with van der Waals surface area (Å²) in [7, 11) is -3.97. The Balaban J connectivity index is 1.42. The van der Waals surface area contributed by atoms with E-state index < -0.39 is 15.8 Å². The van der Waals surface area contributed by atoms with Gasteiger partial charge in [-0.05, 0) is 55.0 Å². The molecular weight excluding hydrogens is 419 g/mol. The lowest BCUT2D eigenvalue weighted by Gasteiger charge is -2.18. The van der Waals surface area contributed by atoms with Gasteiger partial charge in [-0.3, -0.25) is 9.52 Å². The molecule has 1 amide bonds. The molecule has 2 heterocycles. The molecule has 3 aromatic rings. The lowest BCUT2D eigenvalue weighted by Crippen LogP contribution is -2.37. The van der Waals surface area contributed by atoms with Gasteiger partial charge in [0, 0.05) is 36.6 Å². The molecule has 1 atom stereocenters. The first kappa shape index (κ1) is 20.8. The van der Waals surface area contributed by atoms with Crippen LogP contribution in [0.5, 0.6) is 0 Å². The number of hydrogen-bond acceptors (Lipinski definition) is 5. The molecular formula is C22H21FN4O3S. The summed E-state index contributed by atoms with van der Waals surface area (Å²) in [6.07, 6.45) is 2.52. The number of halogens is 1. The molecule has 0 bridgehead atoms. The fraction of sp³-hybridized carbons (Fsp3) is 0.182. The lowest BCUT2D eigenvalue weighted by atomic mass is 10.1. The number of aromatic nitrogens is 1. The number of benzene rings is 2. The summed E-state index contributed by atoms with van der Waals surface area (Å²) in [4.78, 5) is 19.0. The molecule has 0 spiro atoms. The van der Waals surface area contributed by atoms with Gasteiger partial charge in [0.25, 0.3) is 15.9 Å². The Morgan fingerprint density at radius 3 is 2.68 bits per heavy atom. The van der Waals surface area contributed by atoms with E-state index >= 15 is 0 Å². The number of pyridine rings is 1. The number of sulfonamides is 1. The fourth-order valence-corrected chi connectivity index (χ4v) is 4.55. The average Bonchev–Trinajstić information content (AvgIpc) is 3.23. The van der Waals surface area contributed by atoms with Crippen LogP contribution in [0.4, 0.5) is 15.9 Å². The maximum Gasteiger partial charge on any atom is 0.261 e. The van der Waals surface area contributed by atoms with Crippen molar-refractivity contribution >= 4 is 27.4 Å². The van der Waals surface area contributed by atoms with Gasteiger partial charge in [-0.2, -0.15) is 0 Å². The second kappa shape index (κ2) is 8.73. The third-order valence-corrected chi connectivity index (χ3v) is 6.36. The van der Waals surface area contributed by atoms with Crippen molar-refractivity contribution in [2.24, 2.45) is 0 Å². The minimum absolute atomic E-state index is 0.0397. The first-order valence-corrected chi connectivity index (χ1v) is 11.2. The van der Waals surface area contributed by atoms with Crippen LogP contribution in [-0.2, 0) is 10.0 Å². The molecule has 2 N–H and O–H groups in total. The number of carbonyl (C=O) groups excluding carboxylic acids is 1. The largest absolute Gasteiger partial charge is 0.354 e. The molecule has 9 heteroatoms. The SMILES string of the molecule is O=C(NC1CCN(c2ccccn2)C1)c1cccc(NS(=O)(=O)c2cccc(F)c2)c1.